The Balaban J connectivity index is 1.88. The molecule has 10 nitrogen and oxygen atoms in total. The Hall–Kier alpha value is -4.67. The molecule has 1 amide bonds. The summed E-state index contributed by atoms with van der Waals surface area (Å²) in [6.07, 6.45) is 2.15. The molecule has 1 aliphatic heterocycles. The van der Waals surface area contributed by atoms with Crippen molar-refractivity contribution in [2.24, 2.45) is 0 Å². The van der Waals surface area contributed by atoms with Gasteiger partial charge in [-0.25, -0.2) is 38.1 Å². The number of amides is 1. The summed E-state index contributed by atoms with van der Waals surface area (Å²) in [5, 5.41) is -0.133. The van der Waals surface area contributed by atoms with Crippen molar-refractivity contribution < 1.29 is 22.0 Å². The van der Waals surface area contributed by atoms with Crippen molar-refractivity contribution in [1.82, 2.24) is 19.4 Å². The number of pyridine rings is 1. The molecular weight excluding hydrogens is 614 g/mol. The normalized spacial score (nSPS) is 15.3. The number of anilines is 1. The average Bonchev–Trinajstić information content (AvgIpc) is 2.97. The third-order valence-electron chi connectivity index (χ3n) is 7.37. The highest BCUT2D eigenvalue weighted by Crippen LogP contribution is 2.36. The zero-order valence-corrected chi connectivity index (χ0v) is 25.2. The number of rotatable bonds is 6. The number of carbonyl (C=O) groups is 1. The van der Waals surface area contributed by atoms with Crippen molar-refractivity contribution in [3.05, 3.63) is 99.2 Å². The number of benzene rings is 2. The first-order chi connectivity index (χ1) is 20.9. The molecule has 0 radical (unpaired) electrons. The zero-order valence-electron chi connectivity index (χ0n) is 23.6. The molecule has 3 heterocycles. The maximum absolute atomic E-state index is 15.9. The number of hydrogen-bond acceptors (Lipinski definition) is 7. The lowest BCUT2D eigenvalue weighted by Gasteiger charge is -2.40. The van der Waals surface area contributed by atoms with Gasteiger partial charge in [-0.05, 0) is 42.8 Å². The predicted octanol–water partition coefficient (Wildman–Crippen LogP) is 4.21. The second-order valence-electron chi connectivity index (χ2n) is 10.2. The van der Waals surface area contributed by atoms with Crippen LogP contribution in [0.1, 0.15) is 5.56 Å². The van der Waals surface area contributed by atoms with Gasteiger partial charge in [0, 0.05) is 25.9 Å². The summed E-state index contributed by atoms with van der Waals surface area (Å²) < 4.78 is 57.6. The highest BCUT2D eigenvalue weighted by molar-refractivity contribution is 7.90. The van der Waals surface area contributed by atoms with Crippen LogP contribution < -0.4 is 10.6 Å². The molecule has 5 rings (SSSR count). The number of para-hydroxylation sites is 1. The van der Waals surface area contributed by atoms with Gasteiger partial charge in [0.15, 0.2) is 21.3 Å². The summed E-state index contributed by atoms with van der Waals surface area (Å²) in [6.45, 7) is 12.9. The molecule has 2 aromatic heterocycles. The molecule has 2 aromatic carbocycles. The molecule has 0 saturated carbocycles. The van der Waals surface area contributed by atoms with E-state index in [1.54, 1.807) is 17.9 Å². The van der Waals surface area contributed by atoms with Gasteiger partial charge in [0.1, 0.15) is 23.4 Å². The number of aryl methyl sites for hydroxylation is 1. The van der Waals surface area contributed by atoms with E-state index in [9.17, 15) is 18.0 Å². The van der Waals surface area contributed by atoms with Crippen molar-refractivity contribution in [2.45, 2.75) is 17.9 Å². The van der Waals surface area contributed by atoms with Crippen LogP contribution in [0.5, 0.6) is 0 Å². The van der Waals surface area contributed by atoms with Crippen LogP contribution in [0.4, 0.5) is 14.6 Å². The minimum Gasteiger partial charge on any atom is -0.342 e. The molecule has 4 aromatic rings. The fourth-order valence-corrected chi connectivity index (χ4v) is 6.55. The van der Waals surface area contributed by atoms with Gasteiger partial charge < -0.3 is 14.6 Å². The van der Waals surface area contributed by atoms with E-state index in [0.29, 0.717) is 5.56 Å². The van der Waals surface area contributed by atoms with Crippen molar-refractivity contribution >= 4 is 44.2 Å². The van der Waals surface area contributed by atoms with Crippen molar-refractivity contribution in [3.63, 3.8) is 0 Å². The summed E-state index contributed by atoms with van der Waals surface area (Å²) in [7, 11) is -3.90. The summed E-state index contributed by atoms with van der Waals surface area (Å²) >= 11 is 6.26. The van der Waals surface area contributed by atoms with Gasteiger partial charge in [0.25, 0.3) is 0 Å². The van der Waals surface area contributed by atoms with Crippen LogP contribution in [0.15, 0.2) is 64.8 Å². The maximum Gasteiger partial charge on any atom is 0.355 e. The fraction of sp³-hybridized carbons (Fsp3) is 0.233. The zero-order chi connectivity index (χ0) is 31.9. The lowest BCUT2D eigenvalue weighted by molar-refractivity contribution is -0.126. The first-order valence-corrected chi connectivity index (χ1v) is 15.5. The third kappa shape index (κ3) is 5.42. The monoisotopic (exact) mass is 638 g/mol. The van der Waals surface area contributed by atoms with Crippen LogP contribution in [0.3, 0.4) is 0 Å². The first-order valence-electron chi connectivity index (χ1n) is 13.3. The average molecular weight is 639 g/mol. The van der Waals surface area contributed by atoms with Gasteiger partial charge >= 0.3 is 5.69 Å². The number of halogens is 3. The van der Waals surface area contributed by atoms with Gasteiger partial charge in [0.2, 0.25) is 12.5 Å². The number of carbonyl (C=O) groups excluding carboxylic acids is 1. The van der Waals surface area contributed by atoms with Crippen LogP contribution >= 0.6 is 11.6 Å². The molecule has 0 unspecified atom stereocenters. The second-order valence-corrected chi connectivity index (χ2v) is 12.6. The van der Waals surface area contributed by atoms with Gasteiger partial charge in [-0.15, -0.1) is 0 Å². The minimum atomic E-state index is -3.90. The SMILES string of the molecule is [C-]#[N+]C[C@H]1CN(C(=O)C=C)CCN1c1nc(=O)n(-c2c(C)cccc2S(C)(=O)=O)c2nc(-c3c(F)cccc3Cl)c(F)cc12. The molecule has 0 spiro atoms. The van der Waals surface area contributed by atoms with Crippen molar-refractivity contribution in [2.75, 3.05) is 37.3 Å². The lowest BCUT2D eigenvalue weighted by Crippen LogP contribution is -2.56. The van der Waals surface area contributed by atoms with Crippen LogP contribution in [0.25, 0.3) is 32.8 Å². The third-order valence-corrected chi connectivity index (χ3v) is 8.81. The smallest absolute Gasteiger partial charge is 0.342 e. The van der Waals surface area contributed by atoms with Gasteiger partial charge in [0.05, 0.1) is 26.6 Å². The predicted molar refractivity (Wildman–Crippen MR) is 163 cm³/mol. The highest BCUT2D eigenvalue weighted by atomic mass is 35.5. The molecule has 1 atom stereocenters. The van der Waals surface area contributed by atoms with E-state index in [-0.39, 0.29) is 70.1 Å². The summed E-state index contributed by atoms with van der Waals surface area (Å²) in [5.74, 6) is -2.19. The standard InChI is InChI=1S/C30H25ClF2N6O4S/c1-5-24(40)37-12-13-38(18(16-37)15-34-3)28-19-14-22(33)26(25-20(31)9-7-10-21(25)32)35-29(19)39(30(41)36-28)27-17(2)8-6-11-23(27)44(4,42)43/h5-11,14,18H,1,12-13,15-16H2,2,4H3/t18-/m0/s1. The van der Waals surface area contributed by atoms with E-state index < -0.39 is 38.9 Å². The van der Waals surface area contributed by atoms with E-state index in [1.807, 2.05) is 0 Å². The molecular formula is C30H25ClF2N6O4S. The molecule has 226 valence electrons. The quantitative estimate of drug-likeness (QED) is 0.230. The molecule has 0 aliphatic carbocycles. The Morgan fingerprint density at radius 1 is 1.18 bits per heavy atom. The van der Waals surface area contributed by atoms with Gasteiger partial charge in [-0.1, -0.05) is 36.4 Å². The second kappa shape index (κ2) is 11.8. The largest absolute Gasteiger partial charge is 0.355 e. The molecule has 0 N–H and O–H groups in total. The Morgan fingerprint density at radius 3 is 2.57 bits per heavy atom. The topological polar surface area (TPSA) is 110 Å². The van der Waals surface area contributed by atoms with E-state index >= 15 is 8.78 Å². The van der Waals surface area contributed by atoms with Crippen LogP contribution in [0, 0.1) is 25.1 Å². The van der Waals surface area contributed by atoms with Crippen molar-refractivity contribution in [1.29, 1.82) is 0 Å². The van der Waals surface area contributed by atoms with Crippen LogP contribution in [0.2, 0.25) is 5.02 Å². The molecule has 1 aliphatic rings. The lowest BCUT2D eigenvalue weighted by atomic mass is 10.1. The summed E-state index contributed by atoms with van der Waals surface area (Å²) in [6, 6.07) is 8.62. The Morgan fingerprint density at radius 2 is 1.91 bits per heavy atom. The number of piperazine rings is 1. The number of aromatic nitrogens is 3. The molecule has 0 bridgehead atoms. The molecule has 44 heavy (non-hydrogen) atoms. The van der Waals surface area contributed by atoms with Crippen molar-refractivity contribution in [3.8, 4) is 16.9 Å². The van der Waals surface area contributed by atoms with E-state index in [0.717, 1.165) is 29.0 Å². The number of sulfone groups is 1. The Labute approximate surface area is 256 Å². The van der Waals surface area contributed by atoms with Gasteiger partial charge in [-0.3, -0.25) is 4.79 Å². The number of fused-ring (bicyclic) bond motifs is 1. The minimum absolute atomic E-state index is 0.000469. The Kier molecular flexibility index (Phi) is 8.24. The first kappa shape index (κ1) is 30.8. The van der Waals surface area contributed by atoms with E-state index in [2.05, 4.69) is 21.4 Å². The van der Waals surface area contributed by atoms with E-state index in [4.69, 9.17) is 18.2 Å². The molecule has 1 fully saturated rings. The van der Waals surface area contributed by atoms with Crippen LogP contribution in [-0.2, 0) is 14.6 Å². The molecule has 14 heteroatoms. The summed E-state index contributed by atoms with van der Waals surface area (Å²) in [4.78, 5) is 41.4. The number of hydrogen-bond donors (Lipinski definition) is 0. The highest BCUT2D eigenvalue weighted by Gasteiger charge is 2.34. The van der Waals surface area contributed by atoms with Crippen LogP contribution in [-0.4, -0.2) is 72.2 Å². The summed E-state index contributed by atoms with van der Waals surface area (Å²) in [5.41, 5.74) is -1.66. The number of nitrogens with zero attached hydrogens (tertiary/aromatic N) is 6. The fourth-order valence-electron chi connectivity index (χ4n) is 5.37. The maximum atomic E-state index is 15.9. The van der Waals surface area contributed by atoms with Gasteiger partial charge in [-0.2, -0.15) is 4.98 Å². The Bertz CT molecular complexity index is 2040. The van der Waals surface area contributed by atoms with E-state index in [1.165, 1.54) is 29.2 Å². The molecule has 1 saturated heterocycles.